The lowest BCUT2D eigenvalue weighted by Crippen LogP contribution is -2.42. The molecule has 0 aliphatic rings. The highest BCUT2D eigenvalue weighted by Gasteiger charge is 2.18. The molecule has 3 aromatic rings. The second kappa shape index (κ2) is 9.00. The number of carbonyl (C=O) groups excluding carboxylic acids is 2. The van der Waals surface area contributed by atoms with Gasteiger partial charge < -0.3 is 9.80 Å². The summed E-state index contributed by atoms with van der Waals surface area (Å²) in [4.78, 5) is 46.5. The first-order valence-electron chi connectivity index (χ1n) is 9.50. The summed E-state index contributed by atoms with van der Waals surface area (Å²) in [7, 11) is 1.57. The second-order valence-corrected chi connectivity index (χ2v) is 7.72. The number of benzene rings is 1. The van der Waals surface area contributed by atoms with Crippen molar-refractivity contribution in [3.63, 3.8) is 0 Å². The molecule has 2 aromatic heterocycles. The highest BCUT2D eigenvalue weighted by atomic mass is 32.1. The van der Waals surface area contributed by atoms with Crippen LogP contribution in [0.15, 0.2) is 47.5 Å². The monoisotopic (exact) mass is 412 g/mol. The molecule has 29 heavy (non-hydrogen) atoms. The molecule has 0 spiro atoms. The van der Waals surface area contributed by atoms with Crippen molar-refractivity contribution in [3.05, 3.63) is 53.1 Å². The van der Waals surface area contributed by atoms with E-state index in [-0.39, 0.29) is 30.5 Å². The molecule has 0 N–H and O–H groups in total. The number of rotatable bonds is 7. The zero-order valence-electron chi connectivity index (χ0n) is 16.8. The fourth-order valence-electron chi connectivity index (χ4n) is 3.05. The van der Waals surface area contributed by atoms with Crippen molar-refractivity contribution in [2.24, 2.45) is 0 Å². The maximum Gasteiger partial charge on any atom is 0.262 e. The highest BCUT2D eigenvalue weighted by molar-refractivity contribution is 7.21. The highest BCUT2D eigenvalue weighted by Crippen LogP contribution is 2.30. The van der Waals surface area contributed by atoms with Crippen LogP contribution >= 0.6 is 11.3 Å². The SMILES string of the molecule is CCN(CC)C(=O)CN(C)C(=O)Cn1cnc2sc(-c3ccccc3)cc2c1=O. The topological polar surface area (TPSA) is 75.5 Å². The molecule has 0 atom stereocenters. The van der Waals surface area contributed by atoms with E-state index in [0.29, 0.717) is 23.3 Å². The number of hydrogen-bond donors (Lipinski definition) is 0. The van der Waals surface area contributed by atoms with Crippen LogP contribution < -0.4 is 5.56 Å². The minimum absolute atomic E-state index is 0.0124. The Morgan fingerprint density at radius 2 is 1.79 bits per heavy atom. The van der Waals surface area contributed by atoms with Crippen LogP contribution in [0.1, 0.15) is 13.8 Å². The first-order valence-corrected chi connectivity index (χ1v) is 10.3. The molecule has 8 heteroatoms. The van der Waals surface area contributed by atoms with Crippen LogP contribution in [0.25, 0.3) is 20.7 Å². The van der Waals surface area contributed by atoms with E-state index in [4.69, 9.17) is 0 Å². The standard InChI is InChI=1S/C21H24N4O3S/c1-4-24(5-2)19(27)12-23(3)18(26)13-25-14-22-20-16(21(25)28)11-17(29-20)15-9-7-6-8-10-15/h6-11,14H,4-5,12-13H2,1-3H3. The van der Waals surface area contributed by atoms with E-state index in [2.05, 4.69) is 4.98 Å². The molecular weight excluding hydrogens is 388 g/mol. The molecule has 0 radical (unpaired) electrons. The minimum atomic E-state index is -0.313. The van der Waals surface area contributed by atoms with E-state index < -0.39 is 0 Å². The third-order valence-electron chi connectivity index (χ3n) is 4.80. The predicted molar refractivity (Wildman–Crippen MR) is 115 cm³/mol. The number of hydrogen-bond acceptors (Lipinski definition) is 5. The average Bonchev–Trinajstić information content (AvgIpc) is 3.17. The number of thiophene rings is 1. The van der Waals surface area contributed by atoms with Gasteiger partial charge in [-0.15, -0.1) is 11.3 Å². The number of fused-ring (bicyclic) bond motifs is 1. The molecule has 152 valence electrons. The molecule has 0 saturated heterocycles. The lowest BCUT2D eigenvalue weighted by atomic mass is 10.2. The Kier molecular flexibility index (Phi) is 6.43. The predicted octanol–water partition coefficient (Wildman–Crippen LogP) is 2.45. The minimum Gasteiger partial charge on any atom is -0.342 e. The van der Waals surface area contributed by atoms with Crippen LogP contribution in [0.4, 0.5) is 0 Å². The Balaban J connectivity index is 1.78. The van der Waals surface area contributed by atoms with Crippen LogP contribution in [0, 0.1) is 0 Å². The van der Waals surface area contributed by atoms with Gasteiger partial charge in [-0.25, -0.2) is 4.98 Å². The Morgan fingerprint density at radius 3 is 2.45 bits per heavy atom. The Hall–Kier alpha value is -3.00. The number of carbonyl (C=O) groups is 2. The summed E-state index contributed by atoms with van der Waals surface area (Å²) in [6.07, 6.45) is 1.40. The van der Waals surface area contributed by atoms with Gasteiger partial charge in [0.25, 0.3) is 5.56 Å². The lowest BCUT2D eigenvalue weighted by molar-refractivity contribution is -0.139. The van der Waals surface area contributed by atoms with Gasteiger partial charge in [0.1, 0.15) is 11.4 Å². The Bertz CT molecular complexity index is 1070. The van der Waals surface area contributed by atoms with Gasteiger partial charge in [-0.05, 0) is 25.5 Å². The van der Waals surface area contributed by atoms with E-state index in [1.54, 1.807) is 11.9 Å². The number of aromatic nitrogens is 2. The van der Waals surface area contributed by atoms with Crippen molar-refractivity contribution >= 4 is 33.4 Å². The van der Waals surface area contributed by atoms with E-state index in [9.17, 15) is 14.4 Å². The normalized spacial score (nSPS) is 10.9. The molecule has 0 saturated carbocycles. The van der Waals surface area contributed by atoms with Crippen LogP contribution in [0.2, 0.25) is 0 Å². The second-order valence-electron chi connectivity index (χ2n) is 6.69. The Labute approximate surface area is 173 Å². The smallest absolute Gasteiger partial charge is 0.262 e. The first kappa shape index (κ1) is 20.7. The Morgan fingerprint density at radius 1 is 1.10 bits per heavy atom. The van der Waals surface area contributed by atoms with Gasteiger partial charge in [-0.2, -0.15) is 0 Å². The maximum atomic E-state index is 12.8. The van der Waals surface area contributed by atoms with Crippen molar-refractivity contribution in [2.75, 3.05) is 26.7 Å². The van der Waals surface area contributed by atoms with E-state index in [1.165, 1.54) is 27.1 Å². The molecule has 0 fully saturated rings. The molecule has 1 aromatic carbocycles. The lowest BCUT2D eigenvalue weighted by Gasteiger charge is -2.23. The van der Waals surface area contributed by atoms with Gasteiger partial charge in [-0.3, -0.25) is 19.0 Å². The summed E-state index contributed by atoms with van der Waals surface area (Å²) in [5.74, 6) is -0.426. The molecule has 3 rings (SSSR count). The van der Waals surface area contributed by atoms with Crippen LogP contribution in [0.3, 0.4) is 0 Å². The van der Waals surface area contributed by atoms with Gasteiger partial charge in [-0.1, -0.05) is 30.3 Å². The van der Waals surface area contributed by atoms with Crippen LogP contribution in [-0.4, -0.2) is 57.8 Å². The van der Waals surface area contributed by atoms with Crippen molar-refractivity contribution in [1.82, 2.24) is 19.4 Å². The molecule has 0 aliphatic carbocycles. The van der Waals surface area contributed by atoms with E-state index >= 15 is 0 Å². The fraction of sp³-hybridized carbons (Fsp3) is 0.333. The maximum absolute atomic E-state index is 12.8. The third-order valence-corrected chi connectivity index (χ3v) is 5.89. The molecule has 2 heterocycles. The number of nitrogens with zero attached hydrogens (tertiary/aromatic N) is 4. The van der Waals surface area contributed by atoms with Crippen molar-refractivity contribution in [3.8, 4) is 10.4 Å². The molecule has 2 amide bonds. The van der Waals surface area contributed by atoms with Gasteiger partial charge in [0.2, 0.25) is 11.8 Å². The zero-order chi connectivity index (χ0) is 21.0. The first-order chi connectivity index (χ1) is 13.9. The zero-order valence-corrected chi connectivity index (χ0v) is 17.6. The summed E-state index contributed by atoms with van der Waals surface area (Å²) < 4.78 is 1.30. The third kappa shape index (κ3) is 4.54. The van der Waals surface area contributed by atoms with Crippen molar-refractivity contribution in [1.29, 1.82) is 0 Å². The van der Waals surface area contributed by atoms with Gasteiger partial charge in [0.15, 0.2) is 0 Å². The quantitative estimate of drug-likeness (QED) is 0.597. The molecule has 0 aliphatic heterocycles. The van der Waals surface area contributed by atoms with Crippen LogP contribution in [0.5, 0.6) is 0 Å². The summed E-state index contributed by atoms with van der Waals surface area (Å²) in [5.41, 5.74) is 0.762. The summed E-state index contributed by atoms with van der Waals surface area (Å²) >= 11 is 1.45. The average molecular weight is 413 g/mol. The fourth-order valence-corrected chi connectivity index (χ4v) is 4.05. The van der Waals surface area contributed by atoms with Gasteiger partial charge in [0, 0.05) is 25.0 Å². The largest absolute Gasteiger partial charge is 0.342 e. The molecule has 7 nitrogen and oxygen atoms in total. The van der Waals surface area contributed by atoms with E-state index in [1.807, 2.05) is 50.2 Å². The van der Waals surface area contributed by atoms with Crippen LogP contribution in [-0.2, 0) is 16.1 Å². The number of likely N-dealkylation sites (N-methyl/N-ethyl adjacent to an activating group) is 2. The molecule has 0 unspecified atom stereocenters. The molecule has 0 bridgehead atoms. The van der Waals surface area contributed by atoms with Gasteiger partial charge >= 0.3 is 0 Å². The van der Waals surface area contributed by atoms with Gasteiger partial charge in [0.05, 0.1) is 18.3 Å². The summed E-state index contributed by atoms with van der Waals surface area (Å²) in [6, 6.07) is 11.6. The number of amides is 2. The van der Waals surface area contributed by atoms with Crippen molar-refractivity contribution in [2.45, 2.75) is 20.4 Å². The van der Waals surface area contributed by atoms with E-state index in [0.717, 1.165) is 10.4 Å². The molecular formula is C21H24N4O3S. The summed E-state index contributed by atoms with van der Waals surface area (Å²) in [6.45, 7) is 4.82. The summed E-state index contributed by atoms with van der Waals surface area (Å²) in [5, 5.41) is 0.492. The van der Waals surface area contributed by atoms with Crippen molar-refractivity contribution < 1.29 is 9.59 Å².